The molecule has 13 nitrogen and oxygen atoms in total. The predicted molar refractivity (Wildman–Crippen MR) is 114 cm³/mol. The average molecular weight is 463 g/mol. The summed E-state index contributed by atoms with van der Waals surface area (Å²) in [7, 11) is 0. The summed E-state index contributed by atoms with van der Waals surface area (Å²) in [6, 6.07) is -2.76. The fourth-order valence-corrected chi connectivity index (χ4v) is 6.01. The number of guanidine groups is 2. The van der Waals surface area contributed by atoms with E-state index in [-0.39, 0.29) is 61.5 Å². The van der Waals surface area contributed by atoms with Crippen molar-refractivity contribution >= 4 is 29.6 Å². The number of likely N-dealkylation sites (tertiary alicyclic amines) is 1. The molecule has 5 aliphatic rings. The third kappa shape index (κ3) is 3.16. The van der Waals surface area contributed by atoms with E-state index in [1.54, 1.807) is 0 Å². The zero-order valence-electron chi connectivity index (χ0n) is 18.2. The maximum absolute atomic E-state index is 12.9. The molecule has 4 aliphatic heterocycles. The second-order valence-electron chi connectivity index (χ2n) is 9.62. The molecule has 0 bridgehead atoms. The Bertz CT molecular complexity index is 902. The number of nitrogens with one attached hydrogen (secondary N) is 6. The number of rotatable bonds is 4. The van der Waals surface area contributed by atoms with Gasteiger partial charge in [0.1, 0.15) is 6.04 Å². The smallest absolute Gasteiger partial charge is 0.231 e. The van der Waals surface area contributed by atoms with E-state index in [4.69, 9.17) is 10.8 Å². The number of nitrogens with zero attached hydrogens (tertiary/aromatic N) is 2. The second-order valence-corrected chi connectivity index (χ2v) is 9.62. The predicted octanol–water partition coefficient (Wildman–Crippen LogP) is -2.70. The van der Waals surface area contributed by atoms with Gasteiger partial charge in [0.05, 0.1) is 18.6 Å². The molecule has 0 aromatic carbocycles. The lowest BCUT2D eigenvalue weighted by Crippen LogP contribution is -2.81. The van der Waals surface area contributed by atoms with Gasteiger partial charge in [0, 0.05) is 25.3 Å². The molecule has 4 heterocycles. The molecule has 2 unspecified atom stereocenters. The first-order valence-electron chi connectivity index (χ1n) is 11.5. The first-order valence-corrected chi connectivity index (χ1v) is 11.5. The fraction of sp³-hybridized carbons (Fsp3) is 0.750. The van der Waals surface area contributed by atoms with Crippen LogP contribution in [0.4, 0.5) is 0 Å². The molecule has 8 N–H and O–H groups in total. The van der Waals surface area contributed by atoms with Crippen LogP contribution in [0.2, 0.25) is 0 Å². The minimum absolute atomic E-state index is 0.0654. The minimum atomic E-state index is -2.55. The Balaban J connectivity index is 1.43. The van der Waals surface area contributed by atoms with E-state index in [9.17, 15) is 24.6 Å². The van der Waals surface area contributed by atoms with E-state index in [2.05, 4.69) is 21.3 Å². The summed E-state index contributed by atoms with van der Waals surface area (Å²) in [5.41, 5.74) is -1.74. The summed E-state index contributed by atoms with van der Waals surface area (Å²) < 4.78 is 0. The molecule has 0 radical (unpaired) electrons. The van der Waals surface area contributed by atoms with Crippen LogP contribution in [-0.4, -0.2) is 92.3 Å². The van der Waals surface area contributed by atoms with Gasteiger partial charge < -0.3 is 36.4 Å². The summed E-state index contributed by atoms with van der Waals surface area (Å²) >= 11 is 0. The summed E-state index contributed by atoms with van der Waals surface area (Å²) in [6.07, 6.45) is 4.73. The SMILES string of the molecule is N=C1NC2[C@@H](CN3C(=O)CCC3=O)NC(=N)N3C[C@H](NC(=O)C4CCCCC4)C(O)(O)C23N1. The second kappa shape index (κ2) is 7.55. The van der Waals surface area contributed by atoms with E-state index in [0.29, 0.717) is 0 Å². The van der Waals surface area contributed by atoms with Gasteiger partial charge in [0.2, 0.25) is 23.5 Å². The lowest BCUT2D eigenvalue weighted by molar-refractivity contribution is -0.233. The van der Waals surface area contributed by atoms with Crippen molar-refractivity contribution < 1.29 is 24.6 Å². The molecular formula is C20H30N8O5. The number of carbonyl (C=O) groups is 3. The number of imide groups is 1. The molecule has 5 rings (SSSR count). The van der Waals surface area contributed by atoms with Crippen LogP contribution in [0.25, 0.3) is 0 Å². The van der Waals surface area contributed by atoms with Crippen LogP contribution in [0.3, 0.4) is 0 Å². The molecule has 4 atom stereocenters. The van der Waals surface area contributed by atoms with Gasteiger partial charge in [-0.05, 0) is 12.8 Å². The summed E-state index contributed by atoms with van der Waals surface area (Å²) in [6.45, 7) is -0.151. The number of amides is 3. The van der Waals surface area contributed by atoms with Crippen LogP contribution in [0, 0.1) is 16.7 Å². The highest BCUT2D eigenvalue weighted by Gasteiger charge is 2.74. The quantitative estimate of drug-likeness (QED) is 0.162. The van der Waals surface area contributed by atoms with Crippen LogP contribution < -0.4 is 21.3 Å². The number of hydrogen-bond donors (Lipinski definition) is 8. The molecule has 3 amide bonds. The Morgan fingerprint density at radius 2 is 1.76 bits per heavy atom. The Hall–Kier alpha value is -2.93. The molecule has 4 saturated heterocycles. The molecular weight excluding hydrogens is 432 g/mol. The Morgan fingerprint density at radius 3 is 2.42 bits per heavy atom. The van der Waals surface area contributed by atoms with Gasteiger partial charge in [0.25, 0.3) is 0 Å². The maximum Gasteiger partial charge on any atom is 0.231 e. The molecule has 0 aromatic rings. The zero-order chi connectivity index (χ0) is 23.5. The van der Waals surface area contributed by atoms with Gasteiger partial charge in [-0.3, -0.25) is 30.1 Å². The summed E-state index contributed by atoms with van der Waals surface area (Å²) in [5, 5.41) is 50.9. The van der Waals surface area contributed by atoms with Gasteiger partial charge in [0.15, 0.2) is 17.6 Å². The van der Waals surface area contributed by atoms with E-state index >= 15 is 0 Å². The Labute approximate surface area is 190 Å². The van der Waals surface area contributed by atoms with Crippen LogP contribution in [0.1, 0.15) is 44.9 Å². The topological polar surface area (TPSA) is 194 Å². The molecule has 5 fully saturated rings. The molecule has 1 spiro atoms. The van der Waals surface area contributed by atoms with E-state index in [1.165, 1.54) is 4.90 Å². The number of carbonyl (C=O) groups excluding carboxylic acids is 3. The average Bonchev–Trinajstić information content (AvgIpc) is 3.37. The van der Waals surface area contributed by atoms with Crippen molar-refractivity contribution in [2.75, 3.05) is 13.1 Å². The van der Waals surface area contributed by atoms with Gasteiger partial charge in [-0.2, -0.15) is 0 Å². The Morgan fingerprint density at radius 1 is 1.09 bits per heavy atom. The highest BCUT2D eigenvalue weighted by Crippen LogP contribution is 2.43. The minimum Gasteiger partial charge on any atom is -0.361 e. The van der Waals surface area contributed by atoms with E-state index < -0.39 is 29.6 Å². The van der Waals surface area contributed by atoms with Gasteiger partial charge in [-0.25, -0.2) is 0 Å². The molecule has 180 valence electrons. The van der Waals surface area contributed by atoms with Crippen molar-refractivity contribution in [3.63, 3.8) is 0 Å². The lowest BCUT2D eigenvalue weighted by Gasteiger charge is -2.51. The summed E-state index contributed by atoms with van der Waals surface area (Å²) in [5.74, 6) is -3.97. The molecule has 1 aliphatic carbocycles. The fourth-order valence-electron chi connectivity index (χ4n) is 6.01. The van der Waals surface area contributed by atoms with Gasteiger partial charge >= 0.3 is 0 Å². The third-order valence-corrected chi connectivity index (χ3v) is 7.72. The van der Waals surface area contributed by atoms with Crippen molar-refractivity contribution in [3.05, 3.63) is 0 Å². The van der Waals surface area contributed by atoms with Gasteiger partial charge in [-0.15, -0.1) is 0 Å². The van der Waals surface area contributed by atoms with E-state index in [0.717, 1.165) is 37.0 Å². The van der Waals surface area contributed by atoms with Crippen molar-refractivity contribution in [1.29, 1.82) is 10.8 Å². The van der Waals surface area contributed by atoms with Crippen LogP contribution >= 0.6 is 0 Å². The summed E-state index contributed by atoms with van der Waals surface area (Å²) in [4.78, 5) is 39.7. The standard InChI is InChI=1S/C20H30N8O5/c21-17-25-15-11(8-27-13(29)6-7-14(27)30)23-18(22)28-9-12(20(32,33)19(15,28)26-17)24-16(31)10-4-2-1-3-5-10/h10-12,15,32-33H,1-9H2,(H2,22,23)(H,24,31)(H3,21,25,26)/t11-,12+,15?,19?/m1/s1. The third-order valence-electron chi connectivity index (χ3n) is 7.72. The van der Waals surface area contributed by atoms with Crippen LogP contribution in [-0.2, 0) is 14.4 Å². The first-order chi connectivity index (χ1) is 15.6. The maximum atomic E-state index is 12.9. The highest BCUT2D eigenvalue weighted by atomic mass is 16.5. The van der Waals surface area contributed by atoms with Crippen molar-refractivity contribution in [1.82, 2.24) is 31.1 Å². The Kier molecular flexibility index (Phi) is 5.01. The van der Waals surface area contributed by atoms with Crippen molar-refractivity contribution in [3.8, 4) is 0 Å². The molecule has 33 heavy (non-hydrogen) atoms. The highest BCUT2D eigenvalue weighted by molar-refractivity contribution is 6.02. The zero-order valence-corrected chi connectivity index (χ0v) is 18.2. The lowest BCUT2D eigenvalue weighted by atomic mass is 9.84. The molecule has 13 heteroatoms. The molecule has 1 saturated carbocycles. The monoisotopic (exact) mass is 462 g/mol. The van der Waals surface area contributed by atoms with Crippen molar-refractivity contribution in [2.24, 2.45) is 5.92 Å². The first kappa shape index (κ1) is 21.9. The number of hydrogen-bond acceptors (Lipinski definition) is 7. The largest absolute Gasteiger partial charge is 0.361 e. The normalized spacial score (nSPS) is 35.6. The van der Waals surface area contributed by atoms with Crippen LogP contribution in [0.15, 0.2) is 0 Å². The van der Waals surface area contributed by atoms with Crippen LogP contribution in [0.5, 0.6) is 0 Å². The van der Waals surface area contributed by atoms with Crippen molar-refractivity contribution in [2.45, 2.75) is 74.5 Å². The van der Waals surface area contributed by atoms with E-state index in [1.807, 2.05) is 0 Å². The molecule has 0 aromatic heterocycles. The number of aliphatic hydroxyl groups is 2. The van der Waals surface area contributed by atoms with Gasteiger partial charge in [-0.1, -0.05) is 19.3 Å².